The monoisotopic (exact) mass is 174 g/mol. The van der Waals surface area contributed by atoms with Crippen LogP contribution in [0.1, 0.15) is 19.8 Å². The number of fused-ring (bicyclic) bond motifs is 1. The molecule has 0 aromatic carbocycles. The van der Waals surface area contributed by atoms with Gasteiger partial charge < -0.3 is 20.4 Å². The molecule has 4 N–H and O–H groups in total. The van der Waals surface area contributed by atoms with Crippen LogP contribution in [0.15, 0.2) is 0 Å². The first-order valence-electron chi connectivity index (χ1n) is 4.23. The summed E-state index contributed by atoms with van der Waals surface area (Å²) in [5.41, 5.74) is -3.03. The lowest BCUT2D eigenvalue weighted by Crippen LogP contribution is -2.55. The molecule has 0 heterocycles. The van der Waals surface area contributed by atoms with Crippen molar-refractivity contribution in [3.63, 3.8) is 0 Å². The second kappa shape index (κ2) is 2.01. The van der Waals surface area contributed by atoms with Gasteiger partial charge in [0.2, 0.25) is 0 Å². The van der Waals surface area contributed by atoms with Crippen LogP contribution >= 0.6 is 0 Å². The Hall–Kier alpha value is -0.160. The van der Waals surface area contributed by atoms with Crippen molar-refractivity contribution in [2.75, 3.05) is 0 Å². The second-order valence-corrected chi connectivity index (χ2v) is 4.12. The van der Waals surface area contributed by atoms with Crippen molar-refractivity contribution in [2.45, 2.75) is 43.2 Å². The molecule has 0 amide bonds. The minimum Gasteiger partial charge on any atom is -0.390 e. The Balaban J connectivity index is 2.30. The summed E-state index contributed by atoms with van der Waals surface area (Å²) in [6.07, 6.45) is -0.785. The molecule has 2 aliphatic rings. The fourth-order valence-corrected chi connectivity index (χ4v) is 2.36. The molecule has 0 aliphatic heterocycles. The van der Waals surface area contributed by atoms with E-state index in [0.29, 0.717) is 12.8 Å². The van der Waals surface area contributed by atoms with E-state index in [0.717, 1.165) is 0 Å². The molecule has 4 heteroatoms. The lowest BCUT2D eigenvalue weighted by Gasteiger charge is -2.37. The summed E-state index contributed by atoms with van der Waals surface area (Å²) in [6, 6.07) is 0. The summed E-state index contributed by atoms with van der Waals surface area (Å²) in [4.78, 5) is 0. The summed E-state index contributed by atoms with van der Waals surface area (Å²) in [7, 11) is 0. The molecule has 0 aromatic heterocycles. The molecule has 0 bridgehead atoms. The smallest absolute Gasteiger partial charge is 0.127 e. The van der Waals surface area contributed by atoms with Gasteiger partial charge in [0.05, 0.1) is 12.2 Å². The van der Waals surface area contributed by atoms with Crippen LogP contribution < -0.4 is 0 Å². The molecule has 70 valence electrons. The van der Waals surface area contributed by atoms with Gasteiger partial charge in [-0.25, -0.2) is 0 Å². The summed E-state index contributed by atoms with van der Waals surface area (Å²) in [5, 5.41) is 38.2. The third-order valence-corrected chi connectivity index (χ3v) is 3.50. The van der Waals surface area contributed by atoms with Crippen molar-refractivity contribution in [2.24, 2.45) is 5.92 Å². The highest BCUT2D eigenvalue weighted by Crippen LogP contribution is 2.58. The molecule has 2 aliphatic carbocycles. The Labute approximate surface area is 70.5 Å². The van der Waals surface area contributed by atoms with Crippen molar-refractivity contribution in [3.8, 4) is 0 Å². The van der Waals surface area contributed by atoms with Crippen molar-refractivity contribution in [3.05, 3.63) is 0 Å². The Kier molecular flexibility index (Phi) is 1.41. The van der Waals surface area contributed by atoms with Crippen molar-refractivity contribution < 1.29 is 20.4 Å². The van der Waals surface area contributed by atoms with Crippen LogP contribution in [0.5, 0.6) is 0 Å². The predicted molar refractivity (Wildman–Crippen MR) is 40.3 cm³/mol. The van der Waals surface area contributed by atoms with Gasteiger partial charge in [-0.2, -0.15) is 0 Å². The van der Waals surface area contributed by atoms with Crippen LogP contribution in [-0.4, -0.2) is 43.8 Å². The quantitative estimate of drug-likeness (QED) is 0.364. The predicted octanol–water partition coefficient (Wildman–Crippen LogP) is -1.39. The van der Waals surface area contributed by atoms with Gasteiger partial charge in [-0.15, -0.1) is 0 Å². The van der Waals surface area contributed by atoms with E-state index in [1.807, 2.05) is 0 Å². The highest BCUT2D eigenvalue weighted by molar-refractivity contribution is 5.26. The van der Waals surface area contributed by atoms with E-state index in [2.05, 4.69) is 0 Å². The second-order valence-electron chi connectivity index (χ2n) is 4.12. The largest absolute Gasteiger partial charge is 0.390 e. The minimum atomic E-state index is -1.56. The van der Waals surface area contributed by atoms with E-state index < -0.39 is 23.4 Å². The van der Waals surface area contributed by atoms with Crippen LogP contribution in [0.4, 0.5) is 0 Å². The fourth-order valence-electron chi connectivity index (χ4n) is 2.36. The zero-order valence-electron chi connectivity index (χ0n) is 6.94. The molecule has 2 rings (SSSR count). The lowest BCUT2D eigenvalue weighted by molar-refractivity contribution is -0.177. The number of hydrogen-bond acceptors (Lipinski definition) is 4. The van der Waals surface area contributed by atoms with Crippen LogP contribution in [0.3, 0.4) is 0 Å². The van der Waals surface area contributed by atoms with Crippen LogP contribution in [0.2, 0.25) is 0 Å². The number of rotatable bonds is 0. The first kappa shape index (κ1) is 8.44. The van der Waals surface area contributed by atoms with Gasteiger partial charge in [0.25, 0.3) is 0 Å². The average molecular weight is 174 g/mol. The Bertz CT molecular complexity index is 204. The highest BCUT2D eigenvalue weighted by Gasteiger charge is 2.75. The third-order valence-electron chi connectivity index (χ3n) is 3.50. The topological polar surface area (TPSA) is 80.9 Å². The van der Waals surface area contributed by atoms with Gasteiger partial charge in [0.1, 0.15) is 11.2 Å². The minimum absolute atomic E-state index is 0.254. The van der Waals surface area contributed by atoms with Crippen LogP contribution in [0.25, 0.3) is 0 Å². The molecular weight excluding hydrogens is 160 g/mol. The molecular formula is C8H14O4. The van der Waals surface area contributed by atoms with Gasteiger partial charge >= 0.3 is 0 Å². The van der Waals surface area contributed by atoms with Crippen molar-refractivity contribution in [1.82, 2.24) is 0 Å². The maximum Gasteiger partial charge on any atom is 0.127 e. The maximum absolute atomic E-state index is 9.76. The maximum atomic E-state index is 9.76. The van der Waals surface area contributed by atoms with Gasteiger partial charge in [0.15, 0.2) is 0 Å². The molecule has 0 saturated heterocycles. The van der Waals surface area contributed by atoms with E-state index in [1.165, 1.54) is 6.92 Å². The van der Waals surface area contributed by atoms with E-state index in [4.69, 9.17) is 0 Å². The molecule has 3 unspecified atom stereocenters. The van der Waals surface area contributed by atoms with Crippen LogP contribution in [-0.2, 0) is 0 Å². The Morgan fingerprint density at radius 3 is 2.25 bits per heavy atom. The summed E-state index contributed by atoms with van der Waals surface area (Å²) >= 11 is 0. The zero-order valence-corrected chi connectivity index (χ0v) is 6.94. The van der Waals surface area contributed by atoms with Gasteiger partial charge in [-0.3, -0.25) is 0 Å². The van der Waals surface area contributed by atoms with Crippen molar-refractivity contribution in [1.29, 1.82) is 0 Å². The van der Waals surface area contributed by atoms with E-state index in [9.17, 15) is 20.4 Å². The number of hydrogen-bond donors (Lipinski definition) is 4. The molecule has 2 fully saturated rings. The fraction of sp³-hybridized carbons (Fsp3) is 1.00. The average Bonchev–Trinajstić information content (AvgIpc) is 2.51. The third kappa shape index (κ3) is 0.671. The van der Waals surface area contributed by atoms with E-state index in [1.54, 1.807) is 0 Å². The molecule has 5 atom stereocenters. The Morgan fingerprint density at radius 2 is 1.75 bits per heavy atom. The summed E-state index contributed by atoms with van der Waals surface area (Å²) in [5.74, 6) is -0.254. The van der Waals surface area contributed by atoms with Gasteiger partial charge in [-0.05, 0) is 19.8 Å². The van der Waals surface area contributed by atoms with E-state index >= 15 is 0 Å². The van der Waals surface area contributed by atoms with Crippen molar-refractivity contribution >= 4 is 0 Å². The molecule has 2 saturated carbocycles. The Morgan fingerprint density at radius 1 is 1.17 bits per heavy atom. The van der Waals surface area contributed by atoms with Gasteiger partial charge in [-0.1, -0.05) is 0 Å². The standard InChI is InChI=1S/C8H14O4/c1-7(11)5(9)3-2-4-6(10)8(4,7)12/h4-6,9-12H,2-3H2,1H3/t4?,5?,6?,7-,8-/m1/s1. The number of aliphatic hydroxyl groups excluding tert-OH is 2. The summed E-state index contributed by atoms with van der Waals surface area (Å²) in [6.45, 7) is 1.38. The summed E-state index contributed by atoms with van der Waals surface area (Å²) < 4.78 is 0. The first-order chi connectivity index (χ1) is 5.42. The van der Waals surface area contributed by atoms with Crippen LogP contribution in [0, 0.1) is 5.92 Å². The molecule has 0 spiro atoms. The normalized spacial score (nSPS) is 64.2. The van der Waals surface area contributed by atoms with E-state index in [-0.39, 0.29) is 5.92 Å². The highest BCUT2D eigenvalue weighted by atomic mass is 16.4. The number of aliphatic hydroxyl groups is 4. The SMILES string of the molecule is C[C@@]1(O)C(O)CCC2C(O)[C@]21O. The molecule has 4 nitrogen and oxygen atoms in total. The zero-order chi connectivity index (χ0) is 9.15. The lowest BCUT2D eigenvalue weighted by atomic mass is 9.81. The first-order valence-corrected chi connectivity index (χ1v) is 4.23. The molecule has 12 heavy (non-hydrogen) atoms. The molecule has 0 radical (unpaired) electrons. The molecule has 0 aromatic rings. The van der Waals surface area contributed by atoms with Gasteiger partial charge in [0, 0.05) is 5.92 Å².